The van der Waals surface area contributed by atoms with Crippen molar-refractivity contribution in [2.75, 3.05) is 23.9 Å². The van der Waals surface area contributed by atoms with Crippen LogP contribution in [-0.4, -0.2) is 32.2 Å². The lowest BCUT2D eigenvalue weighted by molar-refractivity contribution is -0.138. The van der Waals surface area contributed by atoms with Gasteiger partial charge in [-0.2, -0.15) is 0 Å². The number of nitrogens with zero attached hydrogens (tertiary/aromatic N) is 2. The van der Waals surface area contributed by atoms with Gasteiger partial charge in [-0.05, 0) is 29.7 Å². The van der Waals surface area contributed by atoms with Crippen LogP contribution in [0.2, 0.25) is 0 Å². The van der Waals surface area contributed by atoms with Crippen molar-refractivity contribution in [1.29, 1.82) is 0 Å². The fourth-order valence-corrected chi connectivity index (χ4v) is 4.81. The van der Waals surface area contributed by atoms with E-state index in [1.807, 2.05) is 30.3 Å². The highest BCUT2D eigenvalue weighted by Crippen LogP contribution is 2.58. The molecule has 5 heteroatoms. The molecule has 0 spiro atoms. The molecule has 2 aliphatic rings. The van der Waals surface area contributed by atoms with Crippen LogP contribution in [0.3, 0.4) is 0 Å². The van der Waals surface area contributed by atoms with Crippen LogP contribution in [-0.2, 0) is 25.2 Å². The molecule has 0 aliphatic carbocycles. The maximum absolute atomic E-state index is 13.6. The van der Waals surface area contributed by atoms with Gasteiger partial charge in [0.2, 0.25) is 11.8 Å². The van der Waals surface area contributed by atoms with E-state index in [4.69, 9.17) is 0 Å². The Bertz CT molecular complexity index is 999. The third-order valence-corrected chi connectivity index (χ3v) is 6.03. The summed E-state index contributed by atoms with van der Waals surface area (Å²) in [6, 6.07) is 14.5. The van der Waals surface area contributed by atoms with E-state index in [0.717, 1.165) is 0 Å². The molecule has 2 atom stereocenters. The first-order chi connectivity index (χ1) is 13.0. The van der Waals surface area contributed by atoms with Crippen LogP contribution < -0.4 is 9.80 Å². The van der Waals surface area contributed by atoms with Crippen molar-refractivity contribution in [3.8, 4) is 0 Å². The lowest BCUT2D eigenvalue weighted by Gasteiger charge is -2.40. The molecule has 2 aliphatic heterocycles. The van der Waals surface area contributed by atoms with Crippen LogP contribution in [0.5, 0.6) is 0 Å². The summed E-state index contributed by atoms with van der Waals surface area (Å²) in [6.07, 6.45) is 2.46. The highest BCUT2D eigenvalue weighted by Gasteiger charge is 2.69. The van der Waals surface area contributed by atoms with E-state index in [0.29, 0.717) is 28.8 Å². The fraction of sp³-hybridized carbons (Fsp3) is 0.227. The zero-order chi connectivity index (χ0) is 19.4. The molecule has 0 saturated heterocycles. The third-order valence-electron chi connectivity index (χ3n) is 6.03. The number of likely N-dealkylation sites (N-methyl/N-ethyl adjacent to an activating group) is 2. The maximum Gasteiger partial charge on any atom is 0.246 e. The Morgan fingerprint density at radius 2 is 1.41 bits per heavy atom. The van der Waals surface area contributed by atoms with E-state index in [1.54, 1.807) is 38.4 Å². The number of benzene rings is 2. The molecule has 2 aromatic rings. The van der Waals surface area contributed by atoms with Gasteiger partial charge >= 0.3 is 0 Å². The molecule has 2 amide bonds. The Hall–Kier alpha value is -3.21. The van der Waals surface area contributed by atoms with Crippen molar-refractivity contribution < 1.29 is 14.4 Å². The van der Waals surface area contributed by atoms with Gasteiger partial charge in [0.15, 0.2) is 5.41 Å². The van der Waals surface area contributed by atoms with Crippen molar-refractivity contribution in [2.45, 2.75) is 17.3 Å². The first kappa shape index (κ1) is 17.2. The molecular weight excluding hydrogens is 340 g/mol. The Labute approximate surface area is 157 Å². The largest absolute Gasteiger partial charge is 0.314 e. The molecular formula is C22H20N2O3. The second kappa shape index (κ2) is 5.64. The number of carbonyl (C=O) groups excluding carboxylic acids is 3. The summed E-state index contributed by atoms with van der Waals surface area (Å²) in [6.45, 7) is 3.83. The van der Waals surface area contributed by atoms with Gasteiger partial charge in [-0.1, -0.05) is 42.5 Å². The number of carbonyl (C=O) groups is 3. The molecule has 0 unspecified atom stereocenters. The molecule has 4 rings (SSSR count). The Morgan fingerprint density at radius 3 is 2.00 bits per heavy atom. The van der Waals surface area contributed by atoms with E-state index in [1.165, 1.54) is 9.80 Å². The van der Waals surface area contributed by atoms with Gasteiger partial charge in [-0.25, -0.2) is 0 Å². The monoisotopic (exact) mass is 360 g/mol. The minimum absolute atomic E-state index is 0.180. The average Bonchev–Trinajstić information content (AvgIpc) is 3.05. The van der Waals surface area contributed by atoms with E-state index < -0.39 is 10.8 Å². The first-order valence-corrected chi connectivity index (χ1v) is 8.80. The molecule has 0 bridgehead atoms. The van der Waals surface area contributed by atoms with E-state index in [2.05, 4.69) is 6.58 Å². The van der Waals surface area contributed by atoms with Gasteiger partial charge in [-0.15, -0.1) is 6.58 Å². The van der Waals surface area contributed by atoms with Crippen LogP contribution in [0.25, 0.3) is 0 Å². The Kier molecular flexibility index (Phi) is 3.60. The van der Waals surface area contributed by atoms with Crippen molar-refractivity contribution in [1.82, 2.24) is 0 Å². The lowest BCUT2D eigenvalue weighted by Crippen LogP contribution is -2.60. The summed E-state index contributed by atoms with van der Waals surface area (Å²) in [5.41, 5.74) is -0.386. The standard InChI is InChI=1S/C22H20N2O3/c1-4-13-21(15-9-5-7-11-17(15)23(2)19(21)26)22(14-25)16-10-6-8-12-18(16)24(3)20(22)27/h4-12,14H,1,13H2,2-3H3/t21-,22-/m0/s1. The fourth-order valence-electron chi connectivity index (χ4n) is 4.81. The maximum atomic E-state index is 13.6. The van der Waals surface area contributed by atoms with Crippen LogP contribution in [0, 0.1) is 0 Å². The number of fused-ring (bicyclic) bond motifs is 2. The molecule has 136 valence electrons. The molecule has 2 aromatic carbocycles. The molecule has 0 saturated carbocycles. The number of amides is 2. The average molecular weight is 360 g/mol. The zero-order valence-corrected chi connectivity index (χ0v) is 15.3. The predicted octanol–water partition coefficient (Wildman–Crippen LogP) is 2.59. The number of allylic oxidation sites excluding steroid dienone is 1. The normalized spacial score (nSPS) is 26.1. The van der Waals surface area contributed by atoms with Crippen molar-refractivity contribution in [2.24, 2.45) is 0 Å². The quantitative estimate of drug-likeness (QED) is 0.478. The van der Waals surface area contributed by atoms with Gasteiger partial charge in [-0.3, -0.25) is 9.59 Å². The van der Waals surface area contributed by atoms with Gasteiger partial charge < -0.3 is 14.6 Å². The number of anilines is 2. The van der Waals surface area contributed by atoms with E-state index in [-0.39, 0.29) is 18.2 Å². The highest BCUT2D eigenvalue weighted by molar-refractivity contribution is 6.25. The molecule has 27 heavy (non-hydrogen) atoms. The van der Waals surface area contributed by atoms with Crippen LogP contribution in [0.15, 0.2) is 61.2 Å². The number of hydrogen-bond donors (Lipinski definition) is 0. The molecule has 2 heterocycles. The number of aldehydes is 1. The SMILES string of the molecule is C=CC[C@@]1([C@]2(C=O)C(=O)N(C)c3ccccc32)C(=O)N(C)c2ccccc21. The summed E-state index contributed by atoms with van der Waals surface area (Å²) < 4.78 is 0. The van der Waals surface area contributed by atoms with Crippen molar-refractivity contribution in [3.05, 3.63) is 72.3 Å². The second-order valence-electron chi connectivity index (χ2n) is 7.09. The highest BCUT2D eigenvalue weighted by atomic mass is 16.2. The topological polar surface area (TPSA) is 57.7 Å². The Balaban J connectivity index is 2.15. The first-order valence-electron chi connectivity index (χ1n) is 8.80. The third kappa shape index (κ3) is 1.76. The van der Waals surface area contributed by atoms with E-state index in [9.17, 15) is 14.4 Å². The van der Waals surface area contributed by atoms with Crippen LogP contribution >= 0.6 is 0 Å². The van der Waals surface area contributed by atoms with E-state index >= 15 is 0 Å². The summed E-state index contributed by atoms with van der Waals surface area (Å²) >= 11 is 0. The van der Waals surface area contributed by atoms with Crippen LogP contribution in [0.4, 0.5) is 11.4 Å². The number of hydrogen-bond acceptors (Lipinski definition) is 3. The molecule has 0 aromatic heterocycles. The summed E-state index contributed by atoms with van der Waals surface area (Å²) in [7, 11) is 3.32. The van der Waals surface area contributed by atoms with Gasteiger partial charge in [0.1, 0.15) is 11.7 Å². The van der Waals surface area contributed by atoms with Gasteiger partial charge in [0.05, 0.1) is 0 Å². The smallest absolute Gasteiger partial charge is 0.246 e. The number of para-hydroxylation sites is 2. The van der Waals surface area contributed by atoms with Crippen LogP contribution in [0.1, 0.15) is 17.5 Å². The molecule has 0 fully saturated rings. The summed E-state index contributed by atoms with van der Waals surface area (Å²) in [5, 5.41) is 0. The molecule has 0 N–H and O–H groups in total. The van der Waals surface area contributed by atoms with Crippen molar-refractivity contribution in [3.63, 3.8) is 0 Å². The molecule has 5 nitrogen and oxygen atoms in total. The summed E-state index contributed by atoms with van der Waals surface area (Å²) in [4.78, 5) is 42.9. The zero-order valence-electron chi connectivity index (χ0n) is 15.3. The minimum Gasteiger partial charge on any atom is -0.314 e. The minimum atomic E-state index is -1.63. The van der Waals surface area contributed by atoms with Gasteiger partial charge in [0.25, 0.3) is 0 Å². The molecule has 0 radical (unpaired) electrons. The van der Waals surface area contributed by atoms with Crippen molar-refractivity contribution >= 4 is 29.5 Å². The second-order valence-corrected chi connectivity index (χ2v) is 7.09. The lowest BCUT2D eigenvalue weighted by atomic mass is 9.56. The number of rotatable bonds is 4. The predicted molar refractivity (Wildman–Crippen MR) is 104 cm³/mol. The summed E-state index contributed by atoms with van der Waals surface area (Å²) in [5.74, 6) is -0.659. The van der Waals surface area contributed by atoms with Gasteiger partial charge in [0, 0.05) is 25.5 Å². The Morgan fingerprint density at radius 1 is 0.889 bits per heavy atom.